The maximum absolute atomic E-state index is 13.0. The molecule has 0 bridgehead atoms. The molecule has 1 unspecified atom stereocenters. The Kier molecular flexibility index (Phi) is 5.19. The summed E-state index contributed by atoms with van der Waals surface area (Å²) in [5, 5.41) is 3.53. The van der Waals surface area contributed by atoms with Crippen LogP contribution in [-0.4, -0.2) is 6.54 Å². The Morgan fingerprint density at radius 1 is 1.39 bits per heavy atom. The minimum Gasteiger partial charge on any atom is -0.310 e. The van der Waals surface area contributed by atoms with E-state index in [1.54, 1.807) is 0 Å². The van der Waals surface area contributed by atoms with E-state index in [0.29, 0.717) is 0 Å². The lowest BCUT2D eigenvalue weighted by Gasteiger charge is -2.17. The second kappa shape index (κ2) is 6.67. The van der Waals surface area contributed by atoms with Gasteiger partial charge in [0.25, 0.3) is 0 Å². The van der Waals surface area contributed by atoms with Gasteiger partial charge in [-0.3, -0.25) is 0 Å². The highest BCUT2D eigenvalue weighted by Crippen LogP contribution is 2.28. The minimum atomic E-state index is -0.191. The van der Waals surface area contributed by atoms with Gasteiger partial charge in [0.1, 0.15) is 5.82 Å². The smallest absolute Gasteiger partial charge is 0.124 e. The van der Waals surface area contributed by atoms with Crippen molar-refractivity contribution in [3.63, 3.8) is 0 Å². The molecule has 0 saturated heterocycles. The van der Waals surface area contributed by atoms with Crippen molar-refractivity contribution in [1.82, 2.24) is 5.32 Å². The number of hydrogen-bond donors (Lipinski definition) is 1. The summed E-state index contributed by atoms with van der Waals surface area (Å²) in [7, 11) is 0. The summed E-state index contributed by atoms with van der Waals surface area (Å²) in [6.07, 6.45) is 6.88. The van der Waals surface area contributed by atoms with Crippen LogP contribution >= 0.6 is 15.9 Å². The molecule has 0 amide bonds. The van der Waals surface area contributed by atoms with Crippen LogP contribution in [-0.2, 0) is 0 Å². The van der Waals surface area contributed by atoms with Crippen LogP contribution in [0.3, 0.4) is 0 Å². The van der Waals surface area contributed by atoms with Crippen molar-refractivity contribution in [3.05, 3.63) is 34.1 Å². The summed E-state index contributed by atoms with van der Waals surface area (Å²) in [6, 6.07) is 5.17. The van der Waals surface area contributed by atoms with Gasteiger partial charge in [0.2, 0.25) is 0 Å². The summed E-state index contributed by atoms with van der Waals surface area (Å²) < 4.78 is 13.9. The van der Waals surface area contributed by atoms with E-state index in [0.717, 1.165) is 22.5 Å². The Hall–Kier alpha value is -0.410. The zero-order chi connectivity index (χ0) is 13.0. The standard InChI is InChI=1S/C15H21BrFN/c1-11(14-7-6-13(17)10-15(14)16)18-9-8-12-4-2-3-5-12/h6-7,10-12,18H,2-5,8-9H2,1H3. The average Bonchev–Trinajstić information content (AvgIpc) is 2.81. The molecule has 3 heteroatoms. The summed E-state index contributed by atoms with van der Waals surface area (Å²) in [6.45, 7) is 3.18. The van der Waals surface area contributed by atoms with Crippen molar-refractivity contribution in [1.29, 1.82) is 0 Å². The van der Waals surface area contributed by atoms with Crippen LogP contribution in [0.1, 0.15) is 50.6 Å². The van der Waals surface area contributed by atoms with E-state index in [-0.39, 0.29) is 11.9 Å². The van der Waals surface area contributed by atoms with Crippen molar-refractivity contribution < 1.29 is 4.39 Å². The van der Waals surface area contributed by atoms with E-state index in [9.17, 15) is 4.39 Å². The lowest BCUT2D eigenvalue weighted by molar-refractivity contribution is 0.454. The second-order valence-electron chi connectivity index (χ2n) is 5.28. The first-order valence-corrected chi connectivity index (χ1v) is 7.64. The number of benzene rings is 1. The van der Waals surface area contributed by atoms with Crippen LogP contribution in [0, 0.1) is 11.7 Å². The molecule has 2 rings (SSSR count). The largest absolute Gasteiger partial charge is 0.310 e. The van der Waals surface area contributed by atoms with Crippen LogP contribution in [0.4, 0.5) is 4.39 Å². The van der Waals surface area contributed by atoms with Crippen LogP contribution in [0.2, 0.25) is 0 Å². The number of nitrogens with one attached hydrogen (secondary N) is 1. The Labute approximate surface area is 117 Å². The first-order chi connectivity index (χ1) is 8.66. The van der Waals surface area contributed by atoms with E-state index in [4.69, 9.17) is 0 Å². The Bertz CT molecular complexity index is 388. The molecule has 100 valence electrons. The molecule has 1 saturated carbocycles. The fourth-order valence-electron chi connectivity index (χ4n) is 2.77. The highest BCUT2D eigenvalue weighted by Gasteiger charge is 2.15. The number of rotatable bonds is 5. The molecular weight excluding hydrogens is 293 g/mol. The van der Waals surface area contributed by atoms with Crippen molar-refractivity contribution in [2.24, 2.45) is 5.92 Å². The van der Waals surface area contributed by atoms with Crippen LogP contribution in [0.25, 0.3) is 0 Å². The van der Waals surface area contributed by atoms with Gasteiger partial charge in [0, 0.05) is 10.5 Å². The summed E-state index contributed by atoms with van der Waals surface area (Å²) >= 11 is 3.43. The fraction of sp³-hybridized carbons (Fsp3) is 0.600. The third-order valence-electron chi connectivity index (χ3n) is 3.91. The van der Waals surface area contributed by atoms with E-state index < -0.39 is 0 Å². The lowest BCUT2D eigenvalue weighted by atomic mass is 10.0. The first-order valence-electron chi connectivity index (χ1n) is 6.85. The molecule has 0 heterocycles. The second-order valence-corrected chi connectivity index (χ2v) is 6.14. The van der Waals surface area contributed by atoms with E-state index in [2.05, 4.69) is 28.2 Å². The van der Waals surface area contributed by atoms with E-state index in [1.165, 1.54) is 44.2 Å². The molecule has 1 fully saturated rings. The highest BCUT2D eigenvalue weighted by molar-refractivity contribution is 9.10. The lowest BCUT2D eigenvalue weighted by Crippen LogP contribution is -2.21. The topological polar surface area (TPSA) is 12.0 Å². The molecule has 1 aromatic rings. The Morgan fingerprint density at radius 3 is 2.78 bits per heavy atom. The quantitative estimate of drug-likeness (QED) is 0.821. The Balaban J connectivity index is 1.81. The third kappa shape index (κ3) is 3.79. The van der Waals surface area contributed by atoms with Gasteiger partial charge in [0.15, 0.2) is 0 Å². The summed E-state index contributed by atoms with van der Waals surface area (Å²) in [5.74, 6) is 0.727. The monoisotopic (exact) mass is 313 g/mol. The molecule has 0 aromatic heterocycles. The SMILES string of the molecule is CC(NCCC1CCCC1)c1ccc(F)cc1Br. The molecule has 0 aliphatic heterocycles. The number of hydrogen-bond acceptors (Lipinski definition) is 1. The molecule has 1 atom stereocenters. The molecule has 0 spiro atoms. The molecule has 0 radical (unpaired) electrons. The van der Waals surface area contributed by atoms with Crippen molar-refractivity contribution in [2.75, 3.05) is 6.54 Å². The zero-order valence-electron chi connectivity index (χ0n) is 10.9. The third-order valence-corrected chi connectivity index (χ3v) is 4.59. The molecule has 1 aliphatic carbocycles. The Morgan fingerprint density at radius 2 is 2.11 bits per heavy atom. The highest BCUT2D eigenvalue weighted by atomic mass is 79.9. The molecule has 1 N–H and O–H groups in total. The van der Waals surface area contributed by atoms with Crippen LogP contribution in [0.15, 0.2) is 22.7 Å². The van der Waals surface area contributed by atoms with Gasteiger partial charge in [-0.2, -0.15) is 0 Å². The van der Waals surface area contributed by atoms with Gasteiger partial charge in [0.05, 0.1) is 0 Å². The fourth-order valence-corrected chi connectivity index (χ4v) is 3.46. The van der Waals surface area contributed by atoms with Crippen molar-refractivity contribution >= 4 is 15.9 Å². The summed E-state index contributed by atoms with van der Waals surface area (Å²) in [4.78, 5) is 0. The van der Waals surface area contributed by atoms with Gasteiger partial charge in [-0.25, -0.2) is 4.39 Å². The van der Waals surface area contributed by atoms with Gasteiger partial charge in [-0.1, -0.05) is 47.7 Å². The van der Waals surface area contributed by atoms with Crippen LogP contribution in [0.5, 0.6) is 0 Å². The van der Waals surface area contributed by atoms with Crippen molar-refractivity contribution in [3.8, 4) is 0 Å². The molecular formula is C15H21BrFN. The molecule has 18 heavy (non-hydrogen) atoms. The van der Waals surface area contributed by atoms with Gasteiger partial charge in [-0.15, -0.1) is 0 Å². The zero-order valence-corrected chi connectivity index (χ0v) is 12.5. The predicted octanol–water partition coefficient (Wildman–Crippen LogP) is 4.82. The minimum absolute atomic E-state index is 0.191. The van der Waals surface area contributed by atoms with E-state index in [1.807, 2.05) is 6.07 Å². The van der Waals surface area contributed by atoms with Crippen LogP contribution < -0.4 is 5.32 Å². The molecule has 1 aromatic carbocycles. The van der Waals surface area contributed by atoms with Gasteiger partial charge in [-0.05, 0) is 43.5 Å². The number of halogens is 2. The van der Waals surface area contributed by atoms with Gasteiger partial charge < -0.3 is 5.32 Å². The van der Waals surface area contributed by atoms with Crippen molar-refractivity contribution in [2.45, 2.75) is 45.1 Å². The maximum atomic E-state index is 13.0. The van der Waals surface area contributed by atoms with Gasteiger partial charge >= 0.3 is 0 Å². The normalized spacial score (nSPS) is 18.2. The first kappa shape index (κ1) is 14.0. The summed E-state index contributed by atoms with van der Waals surface area (Å²) in [5.41, 5.74) is 1.13. The predicted molar refractivity (Wildman–Crippen MR) is 77.1 cm³/mol. The maximum Gasteiger partial charge on any atom is 0.124 e. The molecule has 1 nitrogen and oxygen atoms in total. The van der Waals surface area contributed by atoms with E-state index >= 15 is 0 Å². The average molecular weight is 314 g/mol. The molecule has 1 aliphatic rings.